The molecule has 0 radical (unpaired) electrons. The number of fused-ring (bicyclic) bond motifs is 1. The lowest BCUT2D eigenvalue weighted by Gasteiger charge is -2.51. The highest BCUT2D eigenvalue weighted by atomic mass is 35.5. The van der Waals surface area contributed by atoms with Gasteiger partial charge in [-0.05, 0) is 32.0 Å². The minimum Gasteiger partial charge on any atom is -0.467 e. The lowest BCUT2D eigenvalue weighted by molar-refractivity contribution is -0.319. The molecule has 2 aliphatic heterocycles. The summed E-state index contributed by atoms with van der Waals surface area (Å²) in [6, 6.07) is 13.4. The number of nitrogens with one attached hydrogen (secondary N) is 1. The second kappa shape index (κ2) is 12.9. The summed E-state index contributed by atoms with van der Waals surface area (Å²) in [6.07, 6.45) is -5.93. The minimum absolute atomic E-state index is 0.130. The standard InChI is InChI=1S/C25H28Cl2FN3O6S/c1-13(23(32)33-3)35-22-20(31(30-29)14(2)28)21-19(12-34-24(37-21)15-7-5-4-6-8-15)36-25(22)38-16-9-10-17(26)18(27)11-16/h4-11,13-14,19-22,24-25,29H,12H2,1-3H3/t13?,14?,19-,20+,21+,22-,24?,25-/m1/s1. The first kappa shape index (κ1) is 29.0. The van der Waals surface area contributed by atoms with Gasteiger partial charge in [-0.3, -0.25) is 0 Å². The van der Waals surface area contributed by atoms with Crippen LogP contribution >= 0.6 is 35.0 Å². The summed E-state index contributed by atoms with van der Waals surface area (Å²) in [7, 11) is 1.25. The van der Waals surface area contributed by atoms with Gasteiger partial charge in [-0.25, -0.2) is 14.2 Å². The average molecular weight is 588 g/mol. The maximum Gasteiger partial charge on any atom is 0.334 e. The van der Waals surface area contributed by atoms with E-state index >= 15 is 0 Å². The average Bonchev–Trinajstić information content (AvgIpc) is 2.92. The number of ether oxygens (including phenoxy) is 5. The number of hydrogen-bond acceptors (Lipinski definition) is 9. The van der Waals surface area contributed by atoms with Crippen LogP contribution < -0.4 is 0 Å². The van der Waals surface area contributed by atoms with E-state index in [4.69, 9.17) is 52.4 Å². The number of alkyl halides is 1. The Bertz CT molecular complexity index is 1120. The van der Waals surface area contributed by atoms with Crippen molar-refractivity contribution in [2.75, 3.05) is 13.7 Å². The molecule has 8 atom stereocenters. The number of methoxy groups -OCH3 is 1. The van der Waals surface area contributed by atoms with Crippen molar-refractivity contribution in [1.29, 1.82) is 5.53 Å². The highest BCUT2D eigenvalue weighted by Gasteiger charge is 2.54. The Morgan fingerprint density at radius 3 is 2.55 bits per heavy atom. The Hall–Kier alpha value is -1.99. The van der Waals surface area contributed by atoms with Gasteiger partial charge in [-0.15, -0.1) is 0 Å². The second-order valence-electron chi connectivity index (χ2n) is 8.72. The Balaban J connectivity index is 1.72. The van der Waals surface area contributed by atoms with Crippen LogP contribution in [0.2, 0.25) is 10.0 Å². The number of hydrogen-bond donors (Lipinski definition) is 1. The summed E-state index contributed by atoms with van der Waals surface area (Å²) in [5.41, 5.74) is 7.74. The maximum absolute atomic E-state index is 14.9. The summed E-state index contributed by atoms with van der Waals surface area (Å²) >= 11 is 13.6. The third-order valence-electron chi connectivity index (χ3n) is 6.20. The van der Waals surface area contributed by atoms with Crippen LogP contribution in [0, 0.1) is 5.53 Å². The van der Waals surface area contributed by atoms with Crippen molar-refractivity contribution >= 4 is 40.9 Å². The SMILES string of the molecule is COC(=O)C(C)O[C@@H]1[C@@H](N(N=N)C(C)F)[C@H]2OC(c3ccccc3)OC[C@H]2O[C@@H]1Sc1ccc(Cl)c(Cl)c1. The van der Waals surface area contributed by atoms with Crippen LogP contribution in [0.3, 0.4) is 0 Å². The Labute approximate surface area is 234 Å². The first-order chi connectivity index (χ1) is 18.2. The Morgan fingerprint density at radius 1 is 1.18 bits per heavy atom. The van der Waals surface area contributed by atoms with Gasteiger partial charge >= 0.3 is 5.97 Å². The number of carbonyl (C=O) groups is 1. The molecule has 0 spiro atoms. The zero-order valence-electron chi connectivity index (χ0n) is 20.8. The lowest BCUT2D eigenvalue weighted by atomic mass is 9.94. The van der Waals surface area contributed by atoms with Crippen LogP contribution in [0.15, 0.2) is 58.6 Å². The van der Waals surface area contributed by atoms with Gasteiger partial charge in [0.2, 0.25) is 0 Å². The van der Waals surface area contributed by atoms with E-state index in [0.29, 0.717) is 14.9 Å². The van der Waals surface area contributed by atoms with E-state index in [-0.39, 0.29) is 6.61 Å². The molecule has 0 aromatic heterocycles. The van der Waals surface area contributed by atoms with Gasteiger partial charge in [0.05, 0.1) is 23.8 Å². The fourth-order valence-corrected chi connectivity index (χ4v) is 5.93. The topological polar surface area (TPSA) is 103 Å². The van der Waals surface area contributed by atoms with Crippen LogP contribution in [-0.2, 0) is 28.5 Å². The van der Waals surface area contributed by atoms with E-state index in [2.05, 4.69) is 5.22 Å². The molecule has 1 N–H and O–H groups in total. The molecule has 2 fully saturated rings. The first-order valence-electron chi connectivity index (χ1n) is 11.9. The lowest BCUT2D eigenvalue weighted by Crippen LogP contribution is -2.67. The van der Waals surface area contributed by atoms with E-state index in [9.17, 15) is 9.18 Å². The molecule has 206 valence electrons. The molecular formula is C25H28Cl2FN3O6S. The maximum atomic E-state index is 14.9. The summed E-state index contributed by atoms with van der Waals surface area (Å²) in [4.78, 5) is 13.0. The number of nitrogens with zero attached hydrogens (tertiary/aromatic N) is 2. The molecule has 0 saturated carbocycles. The van der Waals surface area contributed by atoms with Crippen molar-refractivity contribution in [3.8, 4) is 0 Å². The van der Waals surface area contributed by atoms with Crippen LogP contribution in [0.25, 0.3) is 0 Å². The van der Waals surface area contributed by atoms with Gasteiger partial charge in [0, 0.05) is 10.5 Å². The molecule has 2 saturated heterocycles. The predicted octanol–water partition coefficient (Wildman–Crippen LogP) is 5.80. The van der Waals surface area contributed by atoms with E-state index in [1.54, 1.807) is 18.2 Å². The smallest absolute Gasteiger partial charge is 0.334 e. The molecule has 2 aliphatic rings. The largest absolute Gasteiger partial charge is 0.467 e. The highest BCUT2D eigenvalue weighted by molar-refractivity contribution is 7.99. The minimum atomic E-state index is -1.67. The number of carbonyl (C=O) groups excluding carboxylic acids is 1. The number of esters is 1. The summed E-state index contributed by atoms with van der Waals surface area (Å²) in [6.45, 7) is 2.91. The quantitative estimate of drug-likeness (QED) is 0.170. The van der Waals surface area contributed by atoms with Gasteiger partial charge in [0.25, 0.3) is 0 Å². The molecule has 0 amide bonds. The van der Waals surface area contributed by atoms with Crippen molar-refractivity contribution in [2.24, 2.45) is 5.22 Å². The molecule has 2 aromatic carbocycles. The number of benzene rings is 2. The van der Waals surface area contributed by atoms with Crippen LogP contribution in [0.1, 0.15) is 25.7 Å². The van der Waals surface area contributed by atoms with E-state index < -0.39 is 54.4 Å². The van der Waals surface area contributed by atoms with E-state index in [0.717, 1.165) is 10.6 Å². The fourth-order valence-electron chi connectivity index (χ4n) is 4.41. The van der Waals surface area contributed by atoms with Gasteiger partial charge in [-0.2, -0.15) is 5.53 Å². The number of halogens is 3. The number of rotatable bonds is 9. The molecule has 9 nitrogen and oxygen atoms in total. The van der Waals surface area contributed by atoms with Crippen LogP contribution in [0.4, 0.5) is 4.39 Å². The van der Waals surface area contributed by atoms with Gasteiger partial charge in [-0.1, -0.05) is 70.5 Å². The van der Waals surface area contributed by atoms with Gasteiger partial charge in [0.15, 0.2) is 18.7 Å². The molecule has 0 bridgehead atoms. The molecule has 13 heteroatoms. The monoisotopic (exact) mass is 587 g/mol. The van der Waals surface area contributed by atoms with Crippen molar-refractivity contribution in [2.45, 2.75) is 67.2 Å². The molecule has 4 rings (SSSR count). The molecule has 38 heavy (non-hydrogen) atoms. The van der Waals surface area contributed by atoms with E-state index in [1.165, 1.54) is 32.7 Å². The molecule has 3 unspecified atom stereocenters. The van der Waals surface area contributed by atoms with Gasteiger partial charge < -0.3 is 23.7 Å². The summed E-state index contributed by atoms with van der Waals surface area (Å²) in [5, 5.41) is 5.17. The molecule has 2 heterocycles. The molecule has 2 aromatic rings. The summed E-state index contributed by atoms with van der Waals surface area (Å²) < 4.78 is 44.6. The second-order valence-corrected chi connectivity index (χ2v) is 10.7. The van der Waals surface area contributed by atoms with E-state index in [1.807, 2.05) is 30.3 Å². The Kier molecular flexibility index (Phi) is 9.85. The normalized spacial score (nSPS) is 28.6. The van der Waals surface area contributed by atoms with Crippen molar-refractivity contribution < 1.29 is 32.9 Å². The fraction of sp³-hybridized carbons (Fsp3) is 0.480. The third kappa shape index (κ3) is 6.41. The van der Waals surface area contributed by atoms with Crippen molar-refractivity contribution in [1.82, 2.24) is 5.01 Å². The van der Waals surface area contributed by atoms with Gasteiger partial charge in [0.1, 0.15) is 29.8 Å². The zero-order valence-corrected chi connectivity index (χ0v) is 23.2. The molecule has 0 aliphatic carbocycles. The van der Waals surface area contributed by atoms with Crippen LogP contribution in [-0.4, -0.2) is 66.9 Å². The molecular weight excluding hydrogens is 560 g/mol. The summed E-state index contributed by atoms with van der Waals surface area (Å²) in [5.74, 6) is -0.623. The predicted molar refractivity (Wildman–Crippen MR) is 139 cm³/mol. The third-order valence-corrected chi connectivity index (χ3v) is 8.08. The highest BCUT2D eigenvalue weighted by Crippen LogP contribution is 2.43. The first-order valence-corrected chi connectivity index (χ1v) is 13.5. The van der Waals surface area contributed by atoms with Crippen LogP contribution in [0.5, 0.6) is 0 Å². The zero-order chi connectivity index (χ0) is 27.4. The van der Waals surface area contributed by atoms with Crippen molar-refractivity contribution in [3.05, 3.63) is 64.1 Å². The Morgan fingerprint density at radius 2 is 1.92 bits per heavy atom. The number of thioether (sulfide) groups is 1. The van der Waals surface area contributed by atoms with Crippen molar-refractivity contribution in [3.63, 3.8) is 0 Å².